The maximum atomic E-state index is 15.1. The van der Waals surface area contributed by atoms with E-state index in [1.165, 1.54) is 52.5 Å². The summed E-state index contributed by atoms with van der Waals surface area (Å²) < 4.78 is 102. The molecule has 0 aliphatic rings. The number of hydrogen-bond acceptors (Lipinski definition) is 11. The van der Waals surface area contributed by atoms with E-state index in [4.69, 9.17) is 14.2 Å². The number of nitrogens with zero attached hydrogens (tertiary/aromatic N) is 4. The molecule has 0 aliphatic carbocycles. The van der Waals surface area contributed by atoms with Gasteiger partial charge in [-0.25, -0.2) is 48.6 Å². The van der Waals surface area contributed by atoms with E-state index in [0.717, 1.165) is 30.8 Å². The molecule has 6 rings (SSSR count). The number of aliphatic hydroxyl groups excluding tert-OH is 1. The van der Waals surface area contributed by atoms with Gasteiger partial charge in [-0.15, -0.1) is 0 Å². The molecule has 77 heavy (non-hydrogen) atoms. The van der Waals surface area contributed by atoms with Crippen LogP contribution in [0.5, 0.6) is 0 Å². The molecule has 0 fully saturated rings. The van der Waals surface area contributed by atoms with Gasteiger partial charge in [0.05, 0.1) is 41.7 Å². The molecule has 0 saturated carbocycles. The van der Waals surface area contributed by atoms with Gasteiger partial charge < -0.3 is 39.1 Å². The zero-order chi connectivity index (χ0) is 57.4. The van der Waals surface area contributed by atoms with E-state index < -0.39 is 61.1 Å². The molecule has 2 heterocycles. The molecule has 21 heteroatoms. The number of aromatic nitrogens is 2. The summed E-state index contributed by atoms with van der Waals surface area (Å²) in [5.74, 6) is -1.46. The van der Waals surface area contributed by atoms with Gasteiger partial charge in [-0.2, -0.15) is 0 Å². The maximum Gasteiger partial charge on any atom is 0.407 e. The first-order chi connectivity index (χ1) is 35.9. The number of carbonyl (C=O) groups excluding carboxylic acids is 3. The van der Waals surface area contributed by atoms with Crippen LogP contribution in [0.1, 0.15) is 75.8 Å². The zero-order valence-electron chi connectivity index (χ0n) is 45.9. The molecule has 0 atom stereocenters. The lowest BCUT2D eigenvalue weighted by Gasteiger charge is -2.19. The Morgan fingerprint density at radius 3 is 1.44 bits per heavy atom. The van der Waals surface area contributed by atoms with Gasteiger partial charge in [-0.1, -0.05) is 30.3 Å². The van der Waals surface area contributed by atoms with Gasteiger partial charge in [0.1, 0.15) is 22.9 Å². The van der Waals surface area contributed by atoms with Crippen LogP contribution in [0.3, 0.4) is 0 Å². The van der Waals surface area contributed by atoms with Crippen molar-refractivity contribution in [3.05, 3.63) is 131 Å². The highest BCUT2D eigenvalue weighted by Gasteiger charge is 2.25. The van der Waals surface area contributed by atoms with Crippen LogP contribution in [0.25, 0.3) is 44.1 Å². The third kappa shape index (κ3) is 15.4. The van der Waals surface area contributed by atoms with Crippen LogP contribution in [0.2, 0.25) is 0 Å². The number of hydrogen-bond donors (Lipinski definition) is 3. The molecule has 416 valence electrons. The summed E-state index contributed by atoms with van der Waals surface area (Å²) in [5, 5.41) is 16.1. The van der Waals surface area contributed by atoms with Gasteiger partial charge in [0, 0.05) is 85.6 Å². The predicted molar refractivity (Wildman–Crippen MR) is 295 cm³/mol. The quantitative estimate of drug-likeness (QED) is 0.0578. The predicted octanol–water partition coefficient (Wildman–Crippen LogP) is 10.2. The number of nitrogens with one attached hydrogen (secondary N) is 2. The Morgan fingerprint density at radius 1 is 0.636 bits per heavy atom. The Kier molecular flexibility index (Phi) is 19.8. The van der Waals surface area contributed by atoms with Crippen molar-refractivity contribution in [1.82, 2.24) is 28.4 Å². The Hall–Kier alpha value is -6.91. The third-order valence-corrected chi connectivity index (χ3v) is 15.4. The minimum absolute atomic E-state index is 0.0368. The number of rotatable bonds is 17. The minimum Gasteiger partial charge on any atom is -0.462 e. The monoisotopic (exact) mass is 1100 g/mol. The zero-order valence-corrected chi connectivity index (χ0v) is 47.5. The number of allylic oxidation sites excluding steroid dienone is 2. The second-order valence-electron chi connectivity index (χ2n) is 20.3. The van der Waals surface area contributed by atoms with E-state index in [1.807, 2.05) is 25.1 Å². The fourth-order valence-corrected chi connectivity index (χ4v) is 10.1. The topological polar surface area (TPSA) is 208 Å². The van der Waals surface area contributed by atoms with Crippen molar-refractivity contribution >= 4 is 60.0 Å². The number of halogens is 2. The third-order valence-electron chi connectivity index (χ3n) is 11.8. The normalized spacial score (nSPS) is 12.7. The molecule has 0 saturated heterocycles. The number of carbonyl (C=O) groups is 3. The standard InChI is InChI=1S/C29H36FN3O6S.C27H34FN3O5S/c1-8-38-27(34)21-12-13-25-24(17-21)26(20-10-9-11-23(16-20)40(36,37)32(6)7)19(2)33(25)18-22(30)14-15-31-28(35)39-29(3,4)5;1-18-25(20-8-7-9-22(15-20)37(34,35)30(5)6)23-14-19(17-32)10-11-24(23)31(18)16-21(28)12-13-29-26(33)36-27(2,3)4/h9-14,16-17H,8,15,18H2,1-7H3,(H,31,35);7-12,14-15,32H,13,16-17H2,1-6H3,(H,29,33)/b22-14-;21-12-. The summed E-state index contributed by atoms with van der Waals surface area (Å²) in [7, 11) is -1.50. The second kappa shape index (κ2) is 25.0. The molecule has 17 nitrogen and oxygen atoms in total. The number of ether oxygens (including phenoxy) is 3. The first-order valence-corrected chi connectivity index (χ1v) is 27.5. The maximum absolute atomic E-state index is 15.1. The Morgan fingerprint density at radius 2 is 1.05 bits per heavy atom. The first-order valence-electron chi connectivity index (χ1n) is 24.6. The van der Waals surface area contributed by atoms with E-state index in [-0.39, 0.29) is 49.2 Å². The molecule has 4 aromatic carbocycles. The average Bonchev–Trinajstić information content (AvgIpc) is 3.83. The van der Waals surface area contributed by atoms with E-state index in [2.05, 4.69) is 10.6 Å². The highest BCUT2D eigenvalue weighted by atomic mass is 32.2. The highest BCUT2D eigenvalue weighted by Crippen LogP contribution is 2.39. The Bertz CT molecular complexity index is 3440. The van der Waals surface area contributed by atoms with Crippen LogP contribution < -0.4 is 10.6 Å². The van der Waals surface area contributed by atoms with Crippen molar-refractivity contribution in [3.8, 4) is 22.3 Å². The van der Waals surface area contributed by atoms with Crippen LogP contribution in [0.15, 0.2) is 119 Å². The van der Waals surface area contributed by atoms with E-state index in [0.29, 0.717) is 44.4 Å². The molecule has 2 amide bonds. The number of aliphatic hydroxyl groups is 1. The van der Waals surface area contributed by atoms with E-state index >= 15 is 4.39 Å². The van der Waals surface area contributed by atoms with Gasteiger partial charge >= 0.3 is 18.2 Å². The van der Waals surface area contributed by atoms with Crippen LogP contribution >= 0.6 is 0 Å². The molecule has 0 bridgehead atoms. The Labute approximate surface area is 450 Å². The number of amides is 2. The smallest absolute Gasteiger partial charge is 0.407 e. The summed E-state index contributed by atoms with van der Waals surface area (Å²) >= 11 is 0. The second-order valence-corrected chi connectivity index (χ2v) is 24.6. The fourth-order valence-electron chi connectivity index (χ4n) is 8.18. The molecule has 0 spiro atoms. The van der Waals surface area contributed by atoms with Crippen LogP contribution in [0, 0.1) is 13.8 Å². The molecule has 2 aromatic heterocycles. The number of benzene rings is 4. The van der Waals surface area contributed by atoms with Gasteiger partial charge in [0.25, 0.3) is 0 Å². The first kappa shape index (κ1) is 60.9. The van der Waals surface area contributed by atoms with E-state index in [1.54, 1.807) is 119 Å². The van der Waals surface area contributed by atoms with Crippen molar-refractivity contribution < 1.29 is 59.3 Å². The van der Waals surface area contributed by atoms with E-state index in [9.17, 15) is 40.7 Å². The fraction of sp³-hybridized carbons (Fsp3) is 0.375. The van der Waals surface area contributed by atoms with Crippen LogP contribution in [0.4, 0.5) is 18.4 Å². The number of esters is 1. The van der Waals surface area contributed by atoms with Crippen molar-refractivity contribution in [2.24, 2.45) is 0 Å². The van der Waals surface area contributed by atoms with Crippen LogP contribution in [-0.2, 0) is 54.0 Å². The van der Waals surface area contributed by atoms with Gasteiger partial charge in [0.2, 0.25) is 20.0 Å². The average molecular weight is 1110 g/mol. The number of sulfonamides is 2. The summed E-state index contributed by atoms with van der Waals surface area (Å²) in [6.45, 7) is 15.5. The van der Waals surface area contributed by atoms with Crippen molar-refractivity contribution in [1.29, 1.82) is 0 Å². The number of fused-ring (bicyclic) bond motifs is 2. The summed E-state index contributed by atoms with van der Waals surface area (Å²) in [6.07, 6.45) is 1.25. The summed E-state index contributed by atoms with van der Waals surface area (Å²) in [6, 6.07) is 23.5. The largest absolute Gasteiger partial charge is 0.462 e. The molecular formula is C56H70F2N6O11S2. The molecule has 6 aromatic rings. The lowest BCUT2D eigenvalue weighted by molar-refractivity contribution is 0.0518. The molecule has 0 radical (unpaired) electrons. The van der Waals surface area contributed by atoms with Gasteiger partial charge in [-0.3, -0.25) is 0 Å². The van der Waals surface area contributed by atoms with Crippen LogP contribution in [-0.4, -0.2) is 117 Å². The molecule has 0 unspecified atom stereocenters. The minimum atomic E-state index is -3.71. The highest BCUT2D eigenvalue weighted by molar-refractivity contribution is 7.89. The lowest BCUT2D eigenvalue weighted by Crippen LogP contribution is -2.32. The van der Waals surface area contributed by atoms with Crippen molar-refractivity contribution in [2.45, 2.75) is 103 Å². The van der Waals surface area contributed by atoms with Gasteiger partial charge in [-0.05, 0) is 146 Å². The molecule has 3 N–H and O–H groups in total. The number of alkyl carbamates (subject to hydrolysis) is 2. The SMILES string of the molecule is CCOC(=O)c1ccc2c(c1)c(-c1cccc(S(=O)(=O)N(C)C)c1)c(C)n2C/C(F)=C/CNC(=O)OC(C)(C)C.Cc1c(-c2cccc(S(=O)(=O)N(C)C)c2)c2cc(CO)ccc2n1C/C(F)=C/CNC(=O)OC(C)(C)C. The van der Waals surface area contributed by atoms with Gasteiger partial charge in [0.15, 0.2) is 0 Å². The Balaban J connectivity index is 0.000000285. The summed E-state index contributed by atoms with van der Waals surface area (Å²) in [4.78, 5) is 36.5. The molecule has 0 aliphatic heterocycles. The van der Waals surface area contributed by atoms with Crippen molar-refractivity contribution in [2.75, 3.05) is 47.9 Å². The summed E-state index contributed by atoms with van der Waals surface area (Å²) in [5.41, 5.74) is 5.12. The van der Waals surface area contributed by atoms with Crippen molar-refractivity contribution in [3.63, 3.8) is 0 Å². The lowest BCUT2D eigenvalue weighted by atomic mass is 10.0. The molecular weight excluding hydrogens is 1030 g/mol.